The first-order valence-electron chi connectivity index (χ1n) is 5.89. The van der Waals surface area contributed by atoms with Crippen LogP contribution in [0.25, 0.3) is 0 Å². The van der Waals surface area contributed by atoms with Crippen molar-refractivity contribution in [2.75, 3.05) is 11.1 Å². The molecule has 1 heterocycles. The van der Waals surface area contributed by atoms with Crippen molar-refractivity contribution in [3.8, 4) is 0 Å². The average Bonchev–Trinajstić information content (AvgIpc) is 2.81. The number of nitrogens with two attached hydrogens (primary N) is 1. The summed E-state index contributed by atoms with van der Waals surface area (Å²) < 4.78 is 0.803. The summed E-state index contributed by atoms with van der Waals surface area (Å²) in [7, 11) is 0. The SMILES string of the molecule is Nc1ncc(Br)c(Nc2ccc3c(c2)CCC3)n1. The molecule has 0 radical (unpaired) electrons. The molecule has 2 aromatic rings. The summed E-state index contributed by atoms with van der Waals surface area (Å²) in [5, 5.41) is 3.26. The lowest BCUT2D eigenvalue weighted by molar-refractivity contribution is 0.912. The number of halogens is 1. The van der Waals surface area contributed by atoms with E-state index in [1.807, 2.05) is 0 Å². The Labute approximate surface area is 114 Å². The van der Waals surface area contributed by atoms with Crippen molar-refractivity contribution in [1.82, 2.24) is 9.97 Å². The van der Waals surface area contributed by atoms with Crippen LogP contribution in [0.2, 0.25) is 0 Å². The quantitative estimate of drug-likeness (QED) is 0.895. The molecule has 92 valence electrons. The molecule has 0 atom stereocenters. The minimum Gasteiger partial charge on any atom is -0.368 e. The van der Waals surface area contributed by atoms with E-state index in [-0.39, 0.29) is 5.95 Å². The van der Waals surface area contributed by atoms with Gasteiger partial charge in [0.2, 0.25) is 5.95 Å². The summed E-state index contributed by atoms with van der Waals surface area (Å²) in [6, 6.07) is 6.45. The Balaban J connectivity index is 1.90. The first kappa shape index (κ1) is 11.5. The van der Waals surface area contributed by atoms with E-state index in [0.717, 1.165) is 16.6 Å². The molecule has 1 aliphatic rings. The Morgan fingerprint density at radius 3 is 2.94 bits per heavy atom. The standard InChI is InChI=1S/C13H13BrN4/c14-11-7-16-13(15)18-12(11)17-10-5-4-8-2-1-3-9(8)6-10/h4-7H,1-3H2,(H3,15,16,17,18). The van der Waals surface area contributed by atoms with Gasteiger partial charge in [0.25, 0.3) is 0 Å². The number of benzene rings is 1. The van der Waals surface area contributed by atoms with E-state index in [1.165, 1.54) is 24.0 Å². The van der Waals surface area contributed by atoms with Gasteiger partial charge in [0.05, 0.1) is 4.47 Å². The van der Waals surface area contributed by atoms with Gasteiger partial charge in [-0.3, -0.25) is 0 Å². The number of nitrogen functional groups attached to an aromatic ring is 1. The van der Waals surface area contributed by atoms with Crippen LogP contribution in [-0.2, 0) is 12.8 Å². The third-order valence-corrected chi connectivity index (χ3v) is 3.70. The van der Waals surface area contributed by atoms with Crippen LogP contribution in [0.4, 0.5) is 17.5 Å². The molecular weight excluding hydrogens is 292 g/mol. The minimum atomic E-state index is 0.266. The molecule has 0 saturated heterocycles. The molecule has 4 nitrogen and oxygen atoms in total. The van der Waals surface area contributed by atoms with E-state index in [4.69, 9.17) is 5.73 Å². The Hall–Kier alpha value is -1.62. The third kappa shape index (κ3) is 2.18. The molecule has 0 saturated carbocycles. The highest BCUT2D eigenvalue weighted by Crippen LogP contribution is 2.28. The lowest BCUT2D eigenvalue weighted by Gasteiger charge is -2.09. The van der Waals surface area contributed by atoms with Crippen LogP contribution >= 0.6 is 15.9 Å². The van der Waals surface area contributed by atoms with Gasteiger partial charge in [-0.15, -0.1) is 0 Å². The highest BCUT2D eigenvalue weighted by Gasteiger charge is 2.11. The molecule has 0 amide bonds. The Bertz CT molecular complexity index is 598. The summed E-state index contributed by atoms with van der Waals surface area (Å²) >= 11 is 3.41. The third-order valence-electron chi connectivity index (χ3n) is 3.12. The molecule has 5 heteroatoms. The summed E-state index contributed by atoms with van der Waals surface area (Å²) in [4.78, 5) is 8.09. The molecule has 0 unspecified atom stereocenters. The largest absolute Gasteiger partial charge is 0.368 e. The maximum Gasteiger partial charge on any atom is 0.222 e. The van der Waals surface area contributed by atoms with Crippen molar-refractivity contribution < 1.29 is 0 Å². The number of rotatable bonds is 2. The van der Waals surface area contributed by atoms with E-state index >= 15 is 0 Å². The van der Waals surface area contributed by atoms with Gasteiger partial charge in [0.15, 0.2) is 0 Å². The molecule has 1 aromatic heterocycles. The monoisotopic (exact) mass is 304 g/mol. The predicted molar refractivity (Wildman–Crippen MR) is 75.9 cm³/mol. The predicted octanol–water partition coefficient (Wildman–Crippen LogP) is 3.05. The van der Waals surface area contributed by atoms with Crippen LogP contribution in [0.3, 0.4) is 0 Å². The van der Waals surface area contributed by atoms with E-state index < -0.39 is 0 Å². The summed E-state index contributed by atoms with van der Waals surface area (Å²) in [6.07, 6.45) is 5.26. The number of anilines is 3. The minimum absolute atomic E-state index is 0.266. The normalized spacial score (nSPS) is 13.4. The summed E-state index contributed by atoms with van der Waals surface area (Å²) in [5.41, 5.74) is 9.51. The van der Waals surface area contributed by atoms with Crippen LogP contribution in [0.5, 0.6) is 0 Å². The molecule has 0 spiro atoms. The summed E-state index contributed by atoms with van der Waals surface area (Å²) in [6.45, 7) is 0. The van der Waals surface area contributed by atoms with Gasteiger partial charge in [0, 0.05) is 11.9 Å². The maximum absolute atomic E-state index is 5.59. The van der Waals surface area contributed by atoms with Crippen molar-refractivity contribution in [1.29, 1.82) is 0 Å². The number of nitrogens with one attached hydrogen (secondary N) is 1. The Morgan fingerprint density at radius 1 is 1.22 bits per heavy atom. The average molecular weight is 305 g/mol. The summed E-state index contributed by atoms with van der Waals surface area (Å²) in [5.74, 6) is 0.960. The second kappa shape index (κ2) is 4.57. The maximum atomic E-state index is 5.59. The van der Waals surface area contributed by atoms with Crippen LogP contribution in [0, 0.1) is 0 Å². The van der Waals surface area contributed by atoms with Crippen LogP contribution in [0.1, 0.15) is 17.5 Å². The number of fused-ring (bicyclic) bond motifs is 1. The van der Waals surface area contributed by atoms with Gasteiger partial charge < -0.3 is 11.1 Å². The molecular formula is C13H13BrN4. The molecule has 3 N–H and O–H groups in total. The molecule has 18 heavy (non-hydrogen) atoms. The first-order valence-corrected chi connectivity index (χ1v) is 6.68. The number of aromatic nitrogens is 2. The van der Waals surface area contributed by atoms with Gasteiger partial charge in [-0.1, -0.05) is 6.07 Å². The van der Waals surface area contributed by atoms with E-state index in [0.29, 0.717) is 5.82 Å². The van der Waals surface area contributed by atoms with Gasteiger partial charge in [-0.2, -0.15) is 4.98 Å². The zero-order valence-corrected chi connectivity index (χ0v) is 11.4. The molecule has 1 aromatic carbocycles. The first-order chi connectivity index (χ1) is 8.72. The van der Waals surface area contributed by atoms with Gasteiger partial charge in [-0.05, 0) is 58.5 Å². The molecule has 1 aliphatic carbocycles. The topological polar surface area (TPSA) is 63.8 Å². The smallest absolute Gasteiger partial charge is 0.222 e. The zero-order chi connectivity index (χ0) is 12.5. The lowest BCUT2D eigenvalue weighted by atomic mass is 10.1. The van der Waals surface area contributed by atoms with Crippen molar-refractivity contribution in [3.05, 3.63) is 40.0 Å². The van der Waals surface area contributed by atoms with E-state index in [9.17, 15) is 0 Å². The number of hydrogen-bond donors (Lipinski definition) is 2. The molecule has 0 bridgehead atoms. The molecule has 3 rings (SSSR count). The number of nitrogens with zero attached hydrogens (tertiary/aromatic N) is 2. The van der Waals surface area contributed by atoms with Gasteiger partial charge >= 0.3 is 0 Å². The zero-order valence-electron chi connectivity index (χ0n) is 9.78. The molecule has 0 aliphatic heterocycles. The Kier molecular flexibility index (Phi) is 2.91. The highest BCUT2D eigenvalue weighted by molar-refractivity contribution is 9.10. The van der Waals surface area contributed by atoms with E-state index in [1.54, 1.807) is 6.20 Å². The van der Waals surface area contributed by atoms with Crippen LogP contribution in [-0.4, -0.2) is 9.97 Å². The van der Waals surface area contributed by atoms with Crippen molar-refractivity contribution in [3.63, 3.8) is 0 Å². The van der Waals surface area contributed by atoms with E-state index in [2.05, 4.69) is 49.4 Å². The second-order valence-corrected chi connectivity index (χ2v) is 5.24. The lowest BCUT2D eigenvalue weighted by Crippen LogP contribution is -2.00. The fraction of sp³-hybridized carbons (Fsp3) is 0.231. The van der Waals surface area contributed by atoms with Gasteiger partial charge in [0.1, 0.15) is 5.82 Å². The van der Waals surface area contributed by atoms with Crippen LogP contribution in [0.15, 0.2) is 28.9 Å². The fourth-order valence-electron chi connectivity index (χ4n) is 2.25. The number of aryl methyl sites for hydroxylation is 2. The number of hydrogen-bond acceptors (Lipinski definition) is 4. The second-order valence-electron chi connectivity index (χ2n) is 4.39. The van der Waals surface area contributed by atoms with Crippen molar-refractivity contribution in [2.45, 2.75) is 19.3 Å². The highest BCUT2D eigenvalue weighted by atomic mass is 79.9. The van der Waals surface area contributed by atoms with Crippen molar-refractivity contribution in [2.24, 2.45) is 0 Å². The molecule has 0 fully saturated rings. The fourth-order valence-corrected chi connectivity index (χ4v) is 2.54. The van der Waals surface area contributed by atoms with Crippen LogP contribution < -0.4 is 11.1 Å². The van der Waals surface area contributed by atoms with Gasteiger partial charge in [-0.25, -0.2) is 4.98 Å². The Morgan fingerprint density at radius 2 is 2.06 bits per heavy atom. The van der Waals surface area contributed by atoms with Crippen molar-refractivity contribution >= 4 is 33.4 Å².